The molecule has 1 unspecified atom stereocenters. The van der Waals surface area contributed by atoms with E-state index in [1.165, 1.54) is 6.07 Å². The highest BCUT2D eigenvalue weighted by atomic mass is 16.4. The zero-order valence-electron chi connectivity index (χ0n) is 7.53. The van der Waals surface area contributed by atoms with Crippen LogP contribution >= 0.6 is 0 Å². The van der Waals surface area contributed by atoms with Crippen molar-refractivity contribution in [3.05, 3.63) is 29.3 Å². The van der Waals surface area contributed by atoms with Crippen LogP contribution in [-0.4, -0.2) is 16.2 Å². The number of hydrogen-bond acceptors (Lipinski definition) is 3. The monoisotopic (exact) mass is 193 g/mol. The lowest BCUT2D eigenvalue weighted by Gasteiger charge is -2.20. The van der Waals surface area contributed by atoms with Crippen LogP contribution in [0.1, 0.15) is 17.5 Å². The van der Waals surface area contributed by atoms with Crippen molar-refractivity contribution in [1.82, 2.24) is 0 Å². The molecular formula is C10H11NO3. The zero-order chi connectivity index (χ0) is 10.3. The fourth-order valence-corrected chi connectivity index (χ4v) is 1.98. The lowest BCUT2D eigenvalue weighted by atomic mass is 9.92. The van der Waals surface area contributed by atoms with Gasteiger partial charge in [-0.15, -0.1) is 0 Å². The number of hydrogen-bond donors (Lipinski definition) is 3. The lowest BCUT2D eigenvalue weighted by Crippen LogP contribution is -2.42. The van der Waals surface area contributed by atoms with Gasteiger partial charge >= 0.3 is 5.97 Å². The summed E-state index contributed by atoms with van der Waals surface area (Å²) in [7, 11) is 0. The molecule has 0 fully saturated rings. The number of phenolic OH excluding ortho intramolecular Hbond substituents is 1. The highest BCUT2D eigenvalue weighted by Crippen LogP contribution is 2.40. The van der Waals surface area contributed by atoms with Crippen LogP contribution in [0, 0.1) is 0 Å². The number of fused-ring (bicyclic) bond motifs is 1. The molecule has 1 aromatic carbocycles. The van der Waals surface area contributed by atoms with Crippen molar-refractivity contribution in [2.75, 3.05) is 0 Å². The van der Waals surface area contributed by atoms with Gasteiger partial charge < -0.3 is 15.9 Å². The van der Waals surface area contributed by atoms with Gasteiger partial charge in [0.05, 0.1) is 0 Å². The van der Waals surface area contributed by atoms with Crippen LogP contribution < -0.4 is 5.73 Å². The summed E-state index contributed by atoms with van der Waals surface area (Å²) in [4.78, 5) is 11.0. The molecule has 0 bridgehead atoms. The maximum absolute atomic E-state index is 11.0. The Hall–Kier alpha value is -1.55. The van der Waals surface area contributed by atoms with Gasteiger partial charge in [-0.2, -0.15) is 0 Å². The Morgan fingerprint density at radius 2 is 2.21 bits per heavy atom. The van der Waals surface area contributed by atoms with E-state index in [2.05, 4.69) is 0 Å². The second-order valence-corrected chi connectivity index (χ2v) is 3.59. The van der Waals surface area contributed by atoms with Crippen molar-refractivity contribution >= 4 is 5.97 Å². The number of rotatable bonds is 1. The molecule has 0 spiro atoms. The van der Waals surface area contributed by atoms with Crippen LogP contribution in [0.5, 0.6) is 5.75 Å². The second-order valence-electron chi connectivity index (χ2n) is 3.59. The minimum Gasteiger partial charge on any atom is -0.508 e. The molecule has 0 radical (unpaired) electrons. The van der Waals surface area contributed by atoms with Crippen LogP contribution in [0.4, 0.5) is 0 Å². The third kappa shape index (κ3) is 1.01. The van der Waals surface area contributed by atoms with E-state index >= 15 is 0 Å². The molecule has 0 amide bonds. The van der Waals surface area contributed by atoms with Gasteiger partial charge in [-0.25, -0.2) is 4.79 Å². The van der Waals surface area contributed by atoms with Crippen molar-refractivity contribution in [3.8, 4) is 5.75 Å². The Balaban J connectivity index is 2.64. The first-order valence-corrected chi connectivity index (χ1v) is 4.39. The van der Waals surface area contributed by atoms with Gasteiger partial charge in [-0.05, 0) is 24.5 Å². The van der Waals surface area contributed by atoms with E-state index < -0.39 is 11.5 Å². The maximum atomic E-state index is 11.0. The minimum absolute atomic E-state index is 0.0232. The fraction of sp³-hybridized carbons (Fsp3) is 0.300. The average Bonchev–Trinajstić information content (AvgIpc) is 2.47. The van der Waals surface area contributed by atoms with Crippen molar-refractivity contribution in [1.29, 1.82) is 0 Å². The molecule has 4 heteroatoms. The number of carboxylic acids is 1. The molecule has 4 N–H and O–H groups in total. The van der Waals surface area contributed by atoms with Crippen molar-refractivity contribution in [2.24, 2.45) is 5.73 Å². The molecule has 0 saturated heterocycles. The summed E-state index contributed by atoms with van der Waals surface area (Å²) in [5.41, 5.74) is 5.54. The van der Waals surface area contributed by atoms with E-state index in [1.54, 1.807) is 12.1 Å². The van der Waals surface area contributed by atoms with E-state index in [4.69, 9.17) is 10.8 Å². The number of aliphatic carboxylic acids is 1. The zero-order valence-corrected chi connectivity index (χ0v) is 7.53. The normalized spacial score (nSPS) is 24.6. The highest BCUT2D eigenvalue weighted by Gasteiger charge is 2.43. The molecule has 1 aromatic rings. The predicted molar refractivity (Wildman–Crippen MR) is 49.9 cm³/mol. The van der Waals surface area contributed by atoms with E-state index in [0.29, 0.717) is 18.4 Å². The third-order valence-corrected chi connectivity index (χ3v) is 2.75. The first-order chi connectivity index (χ1) is 6.55. The Kier molecular flexibility index (Phi) is 1.75. The van der Waals surface area contributed by atoms with Gasteiger partial charge in [-0.3, -0.25) is 0 Å². The Bertz CT molecular complexity index is 402. The predicted octanol–water partition coefficient (Wildman–Crippen LogP) is 0.577. The number of benzene rings is 1. The number of aromatic hydroxyl groups is 1. The number of nitrogens with two attached hydrogens (primary N) is 1. The average molecular weight is 193 g/mol. The van der Waals surface area contributed by atoms with E-state index in [9.17, 15) is 9.90 Å². The molecule has 0 saturated carbocycles. The molecule has 0 aliphatic heterocycles. The van der Waals surface area contributed by atoms with Gasteiger partial charge in [0.1, 0.15) is 11.3 Å². The van der Waals surface area contributed by atoms with E-state index in [1.807, 2.05) is 0 Å². The Morgan fingerprint density at radius 3 is 2.86 bits per heavy atom. The minimum atomic E-state index is -1.42. The molecule has 0 aromatic heterocycles. The quantitative estimate of drug-likeness (QED) is 0.609. The van der Waals surface area contributed by atoms with Crippen molar-refractivity contribution in [2.45, 2.75) is 18.4 Å². The second kappa shape index (κ2) is 2.72. The number of aryl methyl sites for hydroxylation is 1. The van der Waals surface area contributed by atoms with Crippen molar-refractivity contribution < 1.29 is 15.0 Å². The molecule has 4 nitrogen and oxygen atoms in total. The topological polar surface area (TPSA) is 83.6 Å². The van der Waals surface area contributed by atoms with Crippen LogP contribution in [0.25, 0.3) is 0 Å². The summed E-state index contributed by atoms with van der Waals surface area (Å²) in [6.07, 6.45) is 0.946. The number of carboxylic acid groups (broad SMARTS) is 1. The van der Waals surface area contributed by atoms with Gasteiger partial charge in [-0.1, -0.05) is 12.1 Å². The van der Waals surface area contributed by atoms with E-state index in [-0.39, 0.29) is 5.75 Å². The molecule has 1 atom stereocenters. The Morgan fingerprint density at radius 1 is 1.50 bits per heavy atom. The summed E-state index contributed by atoms with van der Waals surface area (Å²) < 4.78 is 0. The molecule has 14 heavy (non-hydrogen) atoms. The van der Waals surface area contributed by atoms with Crippen molar-refractivity contribution in [3.63, 3.8) is 0 Å². The first kappa shape index (κ1) is 9.02. The first-order valence-electron chi connectivity index (χ1n) is 4.39. The summed E-state index contributed by atoms with van der Waals surface area (Å²) in [6.45, 7) is 0. The number of carbonyl (C=O) groups is 1. The van der Waals surface area contributed by atoms with Gasteiger partial charge in [0.15, 0.2) is 0 Å². The van der Waals surface area contributed by atoms with Crippen LogP contribution in [0.3, 0.4) is 0 Å². The van der Waals surface area contributed by atoms with Crippen LogP contribution in [0.15, 0.2) is 18.2 Å². The van der Waals surface area contributed by atoms with Gasteiger partial charge in [0.25, 0.3) is 0 Å². The molecule has 2 rings (SSSR count). The van der Waals surface area contributed by atoms with Crippen LogP contribution in [0.2, 0.25) is 0 Å². The van der Waals surface area contributed by atoms with E-state index in [0.717, 1.165) is 5.56 Å². The van der Waals surface area contributed by atoms with Gasteiger partial charge in [0, 0.05) is 5.56 Å². The summed E-state index contributed by atoms with van der Waals surface area (Å²) >= 11 is 0. The molecule has 0 heterocycles. The smallest absolute Gasteiger partial charge is 0.328 e. The standard InChI is InChI=1S/C10H11NO3/c11-10(9(13)14)5-4-6-2-1-3-7(12)8(6)10/h1-3,12H,4-5,11H2,(H,13,14). The summed E-state index contributed by atoms with van der Waals surface area (Å²) in [5.74, 6) is -1.11. The molecule has 74 valence electrons. The largest absolute Gasteiger partial charge is 0.508 e. The summed E-state index contributed by atoms with van der Waals surface area (Å²) in [5, 5.41) is 18.6. The third-order valence-electron chi connectivity index (χ3n) is 2.75. The molecule has 1 aliphatic rings. The molecular weight excluding hydrogens is 182 g/mol. The SMILES string of the molecule is NC1(C(=O)O)CCc2cccc(O)c21. The Labute approximate surface area is 81.0 Å². The van der Waals surface area contributed by atoms with Crippen LogP contribution in [-0.2, 0) is 16.8 Å². The van der Waals surface area contributed by atoms with Gasteiger partial charge in [0.2, 0.25) is 0 Å². The highest BCUT2D eigenvalue weighted by molar-refractivity contribution is 5.83. The fourth-order valence-electron chi connectivity index (χ4n) is 1.98. The molecule has 1 aliphatic carbocycles. The maximum Gasteiger partial charge on any atom is 0.328 e. The number of phenols is 1. The summed E-state index contributed by atoms with van der Waals surface area (Å²) in [6, 6.07) is 4.96. The lowest BCUT2D eigenvalue weighted by molar-refractivity contribution is -0.143.